The SMILES string of the molecule is CS(=O)(=O)NCCC(C1=C/CCC/C=C(n2cc(-c3ccnc4[nH]cnc34)cn2)/C=C\1)C(F)(F)F. The molecule has 12 heteroatoms. The molecule has 0 spiro atoms. The number of alkyl halides is 3. The molecule has 35 heavy (non-hydrogen) atoms. The van der Waals surface area contributed by atoms with Crippen LogP contribution >= 0.6 is 0 Å². The van der Waals surface area contributed by atoms with Gasteiger partial charge < -0.3 is 4.98 Å². The molecule has 0 aliphatic heterocycles. The van der Waals surface area contributed by atoms with E-state index in [1.54, 1.807) is 41.8 Å². The van der Waals surface area contributed by atoms with Gasteiger partial charge >= 0.3 is 6.18 Å². The van der Waals surface area contributed by atoms with Gasteiger partial charge in [0.05, 0.1) is 30.4 Å². The number of nitrogens with one attached hydrogen (secondary N) is 2. The van der Waals surface area contributed by atoms with E-state index in [1.165, 1.54) is 6.08 Å². The fourth-order valence-corrected chi connectivity index (χ4v) is 4.46. The molecule has 2 N–H and O–H groups in total. The number of H-pyrrole nitrogens is 1. The predicted molar refractivity (Wildman–Crippen MR) is 127 cm³/mol. The van der Waals surface area contributed by atoms with E-state index in [-0.39, 0.29) is 18.5 Å². The highest BCUT2D eigenvalue weighted by atomic mass is 32.2. The molecular weight excluding hydrogens is 481 g/mol. The van der Waals surface area contributed by atoms with Gasteiger partial charge in [0.25, 0.3) is 0 Å². The smallest absolute Gasteiger partial charge is 0.329 e. The molecule has 0 bridgehead atoms. The normalized spacial score (nSPS) is 20.2. The molecule has 0 radical (unpaired) electrons. The molecule has 1 aliphatic carbocycles. The number of fused-ring (bicyclic) bond motifs is 1. The van der Waals surface area contributed by atoms with Crippen LogP contribution in [-0.2, 0) is 10.0 Å². The van der Waals surface area contributed by atoms with Crippen molar-refractivity contribution in [1.82, 2.24) is 29.5 Å². The predicted octanol–water partition coefficient (Wildman–Crippen LogP) is 4.45. The zero-order valence-corrected chi connectivity index (χ0v) is 19.8. The zero-order valence-electron chi connectivity index (χ0n) is 19.0. The topological polar surface area (TPSA) is 106 Å². The molecule has 1 unspecified atom stereocenters. The molecule has 0 saturated heterocycles. The van der Waals surface area contributed by atoms with Crippen molar-refractivity contribution in [3.8, 4) is 11.1 Å². The molecule has 0 amide bonds. The van der Waals surface area contributed by atoms with E-state index in [0.29, 0.717) is 36.1 Å². The average molecular weight is 507 g/mol. The number of rotatable bonds is 7. The minimum Gasteiger partial charge on any atom is -0.329 e. The molecule has 186 valence electrons. The van der Waals surface area contributed by atoms with Crippen LogP contribution < -0.4 is 4.72 Å². The van der Waals surface area contributed by atoms with Crippen molar-refractivity contribution in [2.24, 2.45) is 5.92 Å². The fourth-order valence-electron chi connectivity index (χ4n) is 3.97. The monoisotopic (exact) mass is 506 g/mol. The lowest BCUT2D eigenvalue weighted by Gasteiger charge is -2.22. The van der Waals surface area contributed by atoms with Crippen LogP contribution in [0.2, 0.25) is 0 Å². The molecule has 4 rings (SSSR count). The second-order valence-corrected chi connectivity index (χ2v) is 10.1. The largest absolute Gasteiger partial charge is 0.395 e. The number of hydrogen-bond donors (Lipinski definition) is 2. The van der Waals surface area contributed by atoms with Crippen LogP contribution in [0.15, 0.2) is 60.9 Å². The first-order valence-electron chi connectivity index (χ1n) is 11.0. The third-order valence-electron chi connectivity index (χ3n) is 5.66. The maximum absolute atomic E-state index is 13.9. The summed E-state index contributed by atoms with van der Waals surface area (Å²) in [5.74, 6) is -1.79. The summed E-state index contributed by atoms with van der Waals surface area (Å²) >= 11 is 0. The van der Waals surface area contributed by atoms with Crippen LogP contribution in [0.4, 0.5) is 13.2 Å². The van der Waals surface area contributed by atoms with Gasteiger partial charge in [-0.2, -0.15) is 18.3 Å². The quantitative estimate of drug-likeness (QED) is 0.493. The third-order valence-corrected chi connectivity index (χ3v) is 6.39. The second-order valence-electron chi connectivity index (χ2n) is 8.28. The molecule has 3 aromatic heterocycles. The van der Waals surface area contributed by atoms with E-state index in [2.05, 4.69) is 24.8 Å². The van der Waals surface area contributed by atoms with E-state index in [9.17, 15) is 21.6 Å². The first kappa shape index (κ1) is 24.9. The van der Waals surface area contributed by atoms with Crippen LogP contribution in [0, 0.1) is 5.92 Å². The minimum absolute atomic E-state index is 0.111. The Kier molecular flexibility index (Phi) is 7.22. The van der Waals surface area contributed by atoms with Crippen LogP contribution in [0.3, 0.4) is 0 Å². The number of aromatic amines is 1. The van der Waals surface area contributed by atoms with Gasteiger partial charge in [-0.15, -0.1) is 0 Å². The third kappa shape index (κ3) is 6.25. The Labute approximate surface area is 200 Å². The van der Waals surface area contributed by atoms with E-state index in [4.69, 9.17) is 0 Å². The van der Waals surface area contributed by atoms with E-state index in [0.717, 1.165) is 17.4 Å². The summed E-state index contributed by atoms with van der Waals surface area (Å²) in [7, 11) is -3.58. The van der Waals surface area contributed by atoms with Crippen LogP contribution in [0.5, 0.6) is 0 Å². The number of sulfonamides is 1. The molecule has 8 nitrogen and oxygen atoms in total. The van der Waals surface area contributed by atoms with Crippen molar-refractivity contribution in [1.29, 1.82) is 0 Å². The van der Waals surface area contributed by atoms with Gasteiger partial charge in [0, 0.05) is 30.1 Å². The summed E-state index contributed by atoms with van der Waals surface area (Å²) in [6, 6.07) is 1.83. The lowest BCUT2D eigenvalue weighted by molar-refractivity contribution is -0.164. The summed E-state index contributed by atoms with van der Waals surface area (Å²) in [5.41, 5.74) is 3.75. The maximum atomic E-state index is 13.9. The number of imidazole rings is 1. The fraction of sp³-hybridized carbons (Fsp3) is 0.348. The maximum Gasteiger partial charge on any atom is 0.395 e. The number of nitrogens with zero attached hydrogens (tertiary/aromatic N) is 4. The number of aromatic nitrogens is 5. The standard InChI is InChI=1S/C23H25F3N6O2S/c1-35(33,34)31-12-10-20(23(24,25)26)16-5-3-2-4-6-18(8-7-16)32-14-17(13-30-32)19-9-11-27-22-21(19)28-15-29-22/h5-9,11,13-15,20,31H,2-4,10,12H2,1H3,(H,27,28,29)/b8-7-,16-5+,18-6-. The van der Waals surface area contributed by atoms with E-state index >= 15 is 0 Å². The Bertz CT molecular complexity index is 1390. The summed E-state index contributed by atoms with van der Waals surface area (Å²) < 4.78 is 68.0. The highest BCUT2D eigenvalue weighted by molar-refractivity contribution is 7.88. The Morgan fingerprint density at radius 2 is 2.00 bits per heavy atom. The van der Waals surface area contributed by atoms with Crippen LogP contribution in [-0.4, -0.2) is 52.1 Å². The van der Waals surface area contributed by atoms with Gasteiger partial charge in [0.2, 0.25) is 10.0 Å². The van der Waals surface area contributed by atoms with Crippen molar-refractivity contribution >= 4 is 26.9 Å². The lowest BCUT2D eigenvalue weighted by atomic mass is 9.93. The van der Waals surface area contributed by atoms with Crippen LogP contribution in [0.1, 0.15) is 25.7 Å². The van der Waals surface area contributed by atoms with Gasteiger partial charge in [-0.3, -0.25) is 0 Å². The number of pyridine rings is 1. The zero-order chi connectivity index (χ0) is 25.1. The summed E-state index contributed by atoms with van der Waals surface area (Å²) in [5, 5.41) is 4.43. The molecule has 3 aromatic rings. The van der Waals surface area contributed by atoms with Crippen molar-refractivity contribution in [3.63, 3.8) is 0 Å². The van der Waals surface area contributed by atoms with Crippen molar-refractivity contribution in [2.75, 3.05) is 12.8 Å². The average Bonchev–Trinajstić information content (AvgIpc) is 3.46. The van der Waals surface area contributed by atoms with Gasteiger partial charge in [-0.05, 0) is 43.4 Å². The van der Waals surface area contributed by atoms with Gasteiger partial charge in [-0.1, -0.05) is 18.2 Å². The van der Waals surface area contributed by atoms with Gasteiger partial charge in [-0.25, -0.2) is 27.8 Å². The molecule has 0 aromatic carbocycles. The molecule has 1 aliphatic rings. The van der Waals surface area contributed by atoms with Gasteiger partial charge in [0.15, 0.2) is 5.65 Å². The van der Waals surface area contributed by atoms with E-state index in [1.807, 2.05) is 12.1 Å². The van der Waals surface area contributed by atoms with Gasteiger partial charge in [0.1, 0.15) is 5.52 Å². The molecule has 1 atom stereocenters. The first-order chi connectivity index (χ1) is 16.6. The lowest BCUT2D eigenvalue weighted by Crippen LogP contribution is -2.31. The van der Waals surface area contributed by atoms with Crippen LogP contribution in [0.25, 0.3) is 28.0 Å². The Morgan fingerprint density at radius 3 is 2.77 bits per heavy atom. The summed E-state index contributed by atoms with van der Waals surface area (Å²) in [6.45, 7) is -0.299. The highest BCUT2D eigenvalue weighted by Gasteiger charge is 2.40. The molecule has 3 heterocycles. The number of halogens is 3. The minimum atomic E-state index is -4.51. The molecule has 0 saturated carbocycles. The first-order valence-corrected chi connectivity index (χ1v) is 12.9. The Balaban J connectivity index is 1.59. The summed E-state index contributed by atoms with van der Waals surface area (Å²) in [6.07, 6.45) is 11.2. The van der Waals surface area contributed by atoms with Crippen molar-refractivity contribution in [3.05, 3.63) is 60.9 Å². The number of hydrogen-bond acceptors (Lipinski definition) is 5. The summed E-state index contributed by atoms with van der Waals surface area (Å²) in [4.78, 5) is 11.5. The highest BCUT2D eigenvalue weighted by Crippen LogP contribution is 2.36. The molecule has 0 fully saturated rings. The Morgan fingerprint density at radius 1 is 1.20 bits per heavy atom. The number of allylic oxidation sites excluding steroid dienone is 6. The second kappa shape index (κ2) is 10.2. The molecular formula is C23H25F3N6O2S. The van der Waals surface area contributed by atoms with Crippen molar-refractivity contribution < 1.29 is 21.6 Å². The van der Waals surface area contributed by atoms with Crippen molar-refractivity contribution in [2.45, 2.75) is 31.9 Å². The van der Waals surface area contributed by atoms with E-state index < -0.39 is 22.1 Å². The Hall–Kier alpha value is -3.25.